The van der Waals surface area contributed by atoms with Crippen LogP contribution in [0.4, 0.5) is 5.69 Å². The van der Waals surface area contributed by atoms with E-state index in [1.807, 2.05) is 26.8 Å². The lowest BCUT2D eigenvalue weighted by Crippen LogP contribution is -2.42. The fourth-order valence-electron chi connectivity index (χ4n) is 2.11. The van der Waals surface area contributed by atoms with E-state index in [9.17, 15) is 8.42 Å². The Bertz CT molecular complexity index is 565. The van der Waals surface area contributed by atoms with Crippen molar-refractivity contribution < 1.29 is 8.42 Å². The lowest BCUT2D eigenvalue weighted by molar-refractivity contribution is 0.439. The number of nitrogens with one attached hydrogen (secondary N) is 2. The number of benzene rings is 1. The van der Waals surface area contributed by atoms with E-state index in [0.717, 1.165) is 37.1 Å². The lowest BCUT2D eigenvalue weighted by Gasteiger charge is -2.25. The maximum Gasteiger partial charge on any atom is 0.241 e. The zero-order chi connectivity index (χ0) is 14.1. The molecule has 0 fully saturated rings. The van der Waals surface area contributed by atoms with Gasteiger partial charge in [-0.15, -0.1) is 0 Å². The topological polar surface area (TPSA) is 58.2 Å². The van der Waals surface area contributed by atoms with Crippen LogP contribution >= 0.6 is 0 Å². The summed E-state index contributed by atoms with van der Waals surface area (Å²) in [6, 6.07) is 5.32. The van der Waals surface area contributed by atoms with E-state index in [0.29, 0.717) is 4.90 Å². The third-order valence-corrected chi connectivity index (χ3v) is 5.32. The summed E-state index contributed by atoms with van der Waals surface area (Å²) in [4.78, 5) is 0.358. The van der Waals surface area contributed by atoms with Crippen LogP contribution in [0.15, 0.2) is 23.1 Å². The molecule has 2 N–H and O–H groups in total. The van der Waals surface area contributed by atoms with Gasteiger partial charge in [0.2, 0.25) is 10.0 Å². The molecule has 0 radical (unpaired) electrons. The van der Waals surface area contributed by atoms with Gasteiger partial charge >= 0.3 is 0 Å². The van der Waals surface area contributed by atoms with Crippen LogP contribution in [0.5, 0.6) is 0 Å². The molecule has 0 saturated carbocycles. The predicted molar refractivity (Wildman–Crippen MR) is 77.9 cm³/mol. The average Bonchev–Trinajstić information content (AvgIpc) is 2.37. The number of fused-ring (bicyclic) bond motifs is 1. The second-order valence-electron chi connectivity index (χ2n) is 5.69. The number of rotatable bonds is 4. The van der Waals surface area contributed by atoms with Gasteiger partial charge in [0, 0.05) is 17.8 Å². The van der Waals surface area contributed by atoms with Gasteiger partial charge in [-0.25, -0.2) is 13.1 Å². The number of sulfonamides is 1. The Morgan fingerprint density at radius 1 is 1.37 bits per heavy atom. The molecule has 0 atom stereocenters. The number of hydrogen-bond acceptors (Lipinski definition) is 3. The largest absolute Gasteiger partial charge is 0.385 e. The van der Waals surface area contributed by atoms with Crippen LogP contribution in [0.25, 0.3) is 0 Å². The van der Waals surface area contributed by atoms with Crippen LogP contribution in [0.3, 0.4) is 0 Å². The van der Waals surface area contributed by atoms with Crippen molar-refractivity contribution in [1.82, 2.24) is 4.72 Å². The molecule has 5 heteroatoms. The van der Waals surface area contributed by atoms with Crippen molar-refractivity contribution in [2.75, 3.05) is 11.9 Å². The quantitative estimate of drug-likeness (QED) is 0.892. The van der Waals surface area contributed by atoms with Crippen LogP contribution in [0, 0.1) is 0 Å². The molecule has 1 aromatic carbocycles. The average molecular weight is 282 g/mol. The summed E-state index contributed by atoms with van der Waals surface area (Å²) in [6.07, 6.45) is 2.73. The van der Waals surface area contributed by atoms with Gasteiger partial charge in [-0.1, -0.05) is 6.92 Å². The minimum absolute atomic E-state index is 0.358. The minimum Gasteiger partial charge on any atom is -0.385 e. The molecule has 1 aliphatic heterocycles. The van der Waals surface area contributed by atoms with Gasteiger partial charge in [0.25, 0.3) is 0 Å². The molecule has 4 nitrogen and oxygen atoms in total. The van der Waals surface area contributed by atoms with E-state index in [1.165, 1.54) is 0 Å². The fraction of sp³-hybridized carbons (Fsp3) is 0.571. The zero-order valence-corrected chi connectivity index (χ0v) is 12.6. The Kier molecular flexibility index (Phi) is 3.87. The Hall–Kier alpha value is -1.07. The molecule has 0 bridgehead atoms. The van der Waals surface area contributed by atoms with Crippen LogP contribution in [0.2, 0.25) is 0 Å². The Balaban J connectivity index is 2.31. The van der Waals surface area contributed by atoms with Gasteiger partial charge in [-0.3, -0.25) is 0 Å². The van der Waals surface area contributed by atoms with Crippen molar-refractivity contribution in [2.45, 2.75) is 50.5 Å². The van der Waals surface area contributed by atoms with Crippen molar-refractivity contribution in [3.05, 3.63) is 23.8 Å². The first-order chi connectivity index (χ1) is 8.84. The highest BCUT2D eigenvalue weighted by atomic mass is 32.2. The maximum absolute atomic E-state index is 12.4. The first-order valence-electron chi connectivity index (χ1n) is 6.75. The molecule has 0 aliphatic carbocycles. The molecule has 0 saturated heterocycles. The standard InChI is InChI=1S/C14H22N2O2S/c1-4-14(2,3)16-19(17,18)12-7-8-13-11(10-12)6-5-9-15-13/h7-8,10,15-16H,4-6,9H2,1-3H3. The smallest absolute Gasteiger partial charge is 0.241 e. The first kappa shape index (κ1) is 14.3. The third kappa shape index (κ3) is 3.28. The minimum atomic E-state index is -3.44. The molecular formula is C14H22N2O2S. The molecule has 19 heavy (non-hydrogen) atoms. The summed E-state index contributed by atoms with van der Waals surface area (Å²) < 4.78 is 27.5. The van der Waals surface area contributed by atoms with Crippen LogP contribution in [0.1, 0.15) is 39.2 Å². The van der Waals surface area contributed by atoms with Crippen molar-refractivity contribution in [3.8, 4) is 0 Å². The van der Waals surface area contributed by atoms with Gasteiger partial charge in [0.05, 0.1) is 4.90 Å². The highest BCUT2D eigenvalue weighted by molar-refractivity contribution is 7.89. The van der Waals surface area contributed by atoms with Crippen LogP contribution in [-0.2, 0) is 16.4 Å². The molecular weight excluding hydrogens is 260 g/mol. The molecule has 0 amide bonds. The highest BCUT2D eigenvalue weighted by Crippen LogP contribution is 2.25. The number of aryl methyl sites for hydroxylation is 1. The molecule has 1 heterocycles. The zero-order valence-electron chi connectivity index (χ0n) is 11.8. The molecule has 1 aromatic rings. The van der Waals surface area contributed by atoms with Gasteiger partial charge in [0.15, 0.2) is 0 Å². The maximum atomic E-state index is 12.4. The summed E-state index contributed by atoms with van der Waals surface area (Å²) in [6.45, 7) is 6.72. The van der Waals surface area contributed by atoms with Crippen LogP contribution < -0.4 is 10.0 Å². The number of anilines is 1. The van der Waals surface area contributed by atoms with E-state index in [4.69, 9.17) is 0 Å². The van der Waals surface area contributed by atoms with E-state index in [1.54, 1.807) is 12.1 Å². The van der Waals surface area contributed by atoms with Gasteiger partial charge in [-0.2, -0.15) is 0 Å². The second kappa shape index (κ2) is 5.13. The molecule has 0 unspecified atom stereocenters. The van der Waals surface area contributed by atoms with E-state index >= 15 is 0 Å². The third-order valence-electron chi connectivity index (χ3n) is 3.62. The first-order valence-corrected chi connectivity index (χ1v) is 8.23. The Morgan fingerprint density at radius 3 is 2.79 bits per heavy atom. The van der Waals surface area contributed by atoms with Gasteiger partial charge < -0.3 is 5.32 Å². The highest BCUT2D eigenvalue weighted by Gasteiger charge is 2.25. The Labute approximate surface area is 115 Å². The molecule has 2 rings (SSSR count). The SMILES string of the molecule is CCC(C)(C)NS(=O)(=O)c1ccc2c(c1)CCCN2. The van der Waals surface area contributed by atoms with E-state index in [-0.39, 0.29) is 0 Å². The lowest BCUT2D eigenvalue weighted by atomic mass is 10.0. The molecule has 0 spiro atoms. The van der Waals surface area contributed by atoms with Crippen molar-refractivity contribution in [1.29, 1.82) is 0 Å². The fourth-order valence-corrected chi connectivity index (χ4v) is 3.65. The normalized spacial score (nSPS) is 15.7. The summed E-state index contributed by atoms with van der Waals surface area (Å²) in [5.74, 6) is 0. The van der Waals surface area contributed by atoms with Crippen molar-refractivity contribution >= 4 is 15.7 Å². The Morgan fingerprint density at radius 2 is 2.11 bits per heavy atom. The number of hydrogen-bond donors (Lipinski definition) is 2. The van der Waals surface area contributed by atoms with Gasteiger partial charge in [0.1, 0.15) is 0 Å². The predicted octanol–water partition coefficient (Wildman–Crippen LogP) is 2.51. The van der Waals surface area contributed by atoms with E-state index in [2.05, 4.69) is 10.0 Å². The summed E-state index contributed by atoms with van der Waals surface area (Å²) in [5.41, 5.74) is 1.72. The van der Waals surface area contributed by atoms with Crippen LogP contribution in [-0.4, -0.2) is 20.5 Å². The second-order valence-corrected chi connectivity index (χ2v) is 7.37. The summed E-state index contributed by atoms with van der Waals surface area (Å²) in [7, 11) is -3.44. The molecule has 0 aromatic heterocycles. The summed E-state index contributed by atoms with van der Waals surface area (Å²) >= 11 is 0. The van der Waals surface area contributed by atoms with E-state index < -0.39 is 15.6 Å². The van der Waals surface area contributed by atoms with Gasteiger partial charge in [-0.05, 0) is 56.9 Å². The molecule has 106 valence electrons. The van der Waals surface area contributed by atoms with Crippen molar-refractivity contribution in [2.24, 2.45) is 0 Å². The molecule has 1 aliphatic rings. The monoisotopic (exact) mass is 282 g/mol. The summed E-state index contributed by atoms with van der Waals surface area (Å²) in [5, 5.41) is 3.29. The van der Waals surface area contributed by atoms with Crippen molar-refractivity contribution in [3.63, 3.8) is 0 Å².